The summed E-state index contributed by atoms with van der Waals surface area (Å²) in [5.41, 5.74) is -0.720. The van der Waals surface area contributed by atoms with Crippen LogP contribution < -0.4 is 5.32 Å². The molecule has 5 rings (SSSR count). The molecule has 8 atom stereocenters. The minimum absolute atomic E-state index is 0.143. The van der Waals surface area contributed by atoms with E-state index < -0.39 is 53.7 Å². The smallest absolute Gasteiger partial charge is 0.313 e. The summed E-state index contributed by atoms with van der Waals surface area (Å²) in [4.78, 5) is 59.7. The topological polar surface area (TPSA) is 125 Å². The van der Waals surface area contributed by atoms with E-state index in [-0.39, 0.29) is 36.7 Å². The van der Waals surface area contributed by atoms with Gasteiger partial charge in [0.2, 0.25) is 17.7 Å². The number of nitrogens with one attached hydrogen (secondary N) is 1. The van der Waals surface area contributed by atoms with Gasteiger partial charge < -0.3 is 29.7 Å². The molecule has 2 N–H and O–H groups in total. The number of aliphatic hydroxyl groups excluding tert-OH is 1. The fourth-order valence-electron chi connectivity index (χ4n) is 7.66. The van der Waals surface area contributed by atoms with Crippen molar-refractivity contribution in [2.45, 2.75) is 102 Å². The molecule has 4 heterocycles. The van der Waals surface area contributed by atoms with Crippen LogP contribution >= 0.6 is 0 Å². The maximum absolute atomic E-state index is 14.7. The van der Waals surface area contributed by atoms with E-state index in [4.69, 9.17) is 9.47 Å². The number of fused-ring (bicyclic) bond motifs is 2. The van der Waals surface area contributed by atoms with Gasteiger partial charge in [0, 0.05) is 19.5 Å². The molecule has 0 saturated carbocycles. The number of likely N-dealkylation sites (tertiary alicyclic amines) is 1. The van der Waals surface area contributed by atoms with Gasteiger partial charge in [-0.1, -0.05) is 88.2 Å². The Hall–Kier alpha value is -3.50. The molecule has 0 unspecified atom stereocenters. The maximum atomic E-state index is 14.7. The fourth-order valence-corrected chi connectivity index (χ4v) is 7.66. The summed E-state index contributed by atoms with van der Waals surface area (Å²) in [6.07, 6.45) is 9.50. The standard InChI is InChI=1S/C36H49N3O7/c1-5-6-12-19-38-20-13-18-36-30(33(42)39(32(36)34(38)43)26(22-40)21-23(2)3)29-27(46-36)16-10-11-17-28(41)37-24(4)31(45-35(29)44)25-14-8-7-9-15-25/h7-10,13-16,18,23-24,26-27,29-32,40H,5-6,11-12,17,19-22H2,1-4H3,(H,37,41)/b16-10-/t24-,26+,27-,29+,30+,31+,32-,36+/m0/s1. The number of ether oxygens (including phenoxy) is 2. The van der Waals surface area contributed by atoms with Gasteiger partial charge in [-0.05, 0) is 37.7 Å². The van der Waals surface area contributed by atoms with E-state index in [1.807, 2.05) is 56.3 Å². The Kier molecular flexibility index (Phi) is 10.7. The van der Waals surface area contributed by atoms with Gasteiger partial charge in [0.25, 0.3) is 0 Å². The molecule has 3 amide bonds. The quantitative estimate of drug-likeness (QED) is 0.241. The van der Waals surface area contributed by atoms with E-state index in [0.717, 1.165) is 19.3 Å². The van der Waals surface area contributed by atoms with Gasteiger partial charge in [-0.2, -0.15) is 0 Å². The van der Waals surface area contributed by atoms with Crippen molar-refractivity contribution in [2.75, 3.05) is 19.7 Å². The normalized spacial score (nSPS) is 32.9. The number of carbonyl (C=O) groups is 4. The third-order valence-electron chi connectivity index (χ3n) is 9.74. The van der Waals surface area contributed by atoms with Gasteiger partial charge in [-0.15, -0.1) is 0 Å². The summed E-state index contributed by atoms with van der Waals surface area (Å²) in [6.45, 7) is 8.51. The lowest BCUT2D eigenvalue weighted by molar-refractivity contribution is -0.162. The van der Waals surface area contributed by atoms with Crippen molar-refractivity contribution >= 4 is 23.7 Å². The lowest BCUT2D eigenvalue weighted by atomic mass is 9.77. The van der Waals surface area contributed by atoms with Crippen molar-refractivity contribution in [1.29, 1.82) is 0 Å². The van der Waals surface area contributed by atoms with Crippen LogP contribution in [0, 0.1) is 17.8 Å². The molecule has 1 aromatic rings. The second-order valence-electron chi connectivity index (χ2n) is 13.5. The highest BCUT2D eigenvalue weighted by Crippen LogP contribution is 2.54. The van der Waals surface area contributed by atoms with Crippen molar-refractivity contribution in [1.82, 2.24) is 15.1 Å². The number of benzene rings is 1. The third-order valence-corrected chi connectivity index (χ3v) is 9.74. The van der Waals surface area contributed by atoms with Crippen molar-refractivity contribution < 1.29 is 33.8 Å². The number of hydrogen-bond acceptors (Lipinski definition) is 7. The number of unbranched alkanes of at least 4 members (excludes halogenated alkanes) is 2. The van der Waals surface area contributed by atoms with Crippen LogP contribution in [-0.2, 0) is 28.7 Å². The molecule has 250 valence electrons. The molecule has 2 saturated heterocycles. The highest BCUT2D eigenvalue weighted by Gasteiger charge is 2.72. The zero-order valence-electron chi connectivity index (χ0n) is 27.5. The van der Waals surface area contributed by atoms with E-state index in [9.17, 15) is 24.3 Å². The first-order valence-corrected chi connectivity index (χ1v) is 16.9. The van der Waals surface area contributed by atoms with Crippen LogP contribution in [0.4, 0.5) is 0 Å². The van der Waals surface area contributed by atoms with Crippen LogP contribution in [0.1, 0.15) is 77.9 Å². The molecule has 10 heteroatoms. The number of esters is 1. The van der Waals surface area contributed by atoms with Crippen molar-refractivity contribution in [3.05, 3.63) is 60.2 Å². The minimum Gasteiger partial charge on any atom is -0.455 e. The average Bonchev–Trinajstić information content (AvgIpc) is 3.42. The van der Waals surface area contributed by atoms with E-state index in [1.165, 1.54) is 4.90 Å². The van der Waals surface area contributed by atoms with Gasteiger partial charge in [-0.25, -0.2) is 0 Å². The molecule has 0 aromatic heterocycles. The number of amides is 3. The van der Waals surface area contributed by atoms with Gasteiger partial charge >= 0.3 is 5.97 Å². The largest absolute Gasteiger partial charge is 0.455 e. The summed E-state index contributed by atoms with van der Waals surface area (Å²) in [5, 5.41) is 13.6. The summed E-state index contributed by atoms with van der Waals surface area (Å²) in [6, 6.07) is 7.02. The molecular weight excluding hydrogens is 586 g/mol. The molecule has 0 aliphatic carbocycles. The van der Waals surface area contributed by atoms with E-state index in [1.54, 1.807) is 24.0 Å². The Morgan fingerprint density at radius 2 is 1.83 bits per heavy atom. The van der Waals surface area contributed by atoms with Crippen LogP contribution in [0.25, 0.3) is 0 Å². The monoisotopic (exact) mass is 635 g/mol. The fraction of sp³-hybridized carbons (Fsp3) is 0.611. The van der Waals surface area contributed by atoms with Crippen molar-refractivity contribution in [3.63, 3.8) is 0 Å². The van der Waals surface area contributed by atoms with Gasteiger partial charge in [0.05, 0.1) is 30.7 Å². The Bertz CT molecular complexity index is 1330. The van der Waals surface area contributed by atoms with Gasteiger partial charge in [-0.3, -0.25) is 19.2 Å². The minimum atomic E-state index is -1.43. The van der Waals surface area contributed by atoms with Crippen LogP contribution in [0.5, 0.6) is 0 Å². The number of cyclic esters (lactones) is 1. The lowest BCUT2D eigenvalue weighted by Gasteiger charge is -2.39. The average molecular weight is 636 g/mol. The Morgan fingerprint density at radius 1 is 1.07 bits per heavy atom. The molecule has 4 aliphatic rings. The number of allylic oxidation sites excluding steroid dienone is 1. The van der Waals surface area contributed by atoms with Crippen LogP contribution in [0.15, 0.2) is 54.6 Å². The first-order chi connectivity index (χ1) is 22.1. The number of aliphatic hydroxyl groups is 1. The number of hydrogen-bond donors (Lipinski definition) is 2. The van der Waals surface area contributed by atoms with Crippen LogP contribution in [0.3, 0.4) is 0 Å². The molecule has 1 spiro atoms. The first-order valence-electron chi connectivity index (χ1n) is 16.9. The molecule has 0 bridgehead atoms. The predicted molar refractivity (Wildman–Crippen MR) is 172 cm³/mol. The van der Waals surface area contributed by atoms with Gasteiger partial charge in [0.15, 0.2) is 0 Å². The highest BCUT2D eigenvalue weighted by molar-refractivity contribution is 5.99. The third kappa shape index (κ3) is 6.51. The predicted octanol–water partition coefficient (Wildman–Crippen LogP) is 3.70. The SMILES string of the molecule is CCCCCN1CC=C[C@@]23O[C@H]4/C=C\CCC(=O)N[C@@H](C)[C@H](c5ccccc5)OC(=O)[C@H]4[C@@H]2C(=O)N([C@@H](CO)CC(C)C)[C@H]3C1=O. The molecule has 46 heavy (non-hydrogen) atoms. The van der Waals surface area contributed by atoms with Crippen LogP contribution in [-0.4, -0.2) is 88.1 Å². The van der Waals surface area contributed by atoms with E-state index in [2.05, 4.69) is 12.2 Å². The lowest BCUT2D eigenvalue weighted by Crippen LogP contribution is -2.58. The molecule has 10 nitrogen and oxygen atoms in total. The molecule has 2 fully saturated rings. The first kappa shape index (κ1) is 33.9. The second-order valence-corrected chi connectivity index (χ2v) is 13.5. The van der Waals surface area contributed by atoms with Crippen molar-refractivity contribution in [2.24, 2.45) is 17.8 Å². The van der Waals surface area contributed by atoms with E-state index >= 15 is 0 Å². The number of rotatable bonds is 9. The number of carbonyl (C=O) groups excluding carboxylic acids is 4. The number of nitrogens with zero attached hydrogens (tertiary/aromatic N) is 2. The maximum Gasteiger partial charge on any atom is 0.313 e. The Balaban J connectivity index is 1.60. The van der Waals surface area contributed by atoms with E-state index in [0.29, 0.717) is 31.5 Å². The summed E-state index contributed by atoms with van der Waals surface area (Å²) < 4.78 is 13.0. The van der Waals surface area contributed by atoms with Gasteiger partial charge in [0.1, 0.15) is 23.7 Å². The zero-order chi connectivity index (χ0) is 33.0. The molecule has 1 aromatic carbocycles. The molecular formula is C36H49N3O7. The zero-order valence-corrected chi connectivity index (χ0v) is 27.5. The molecule has 4 aliphatic heterocycles. The summed E-state index contributed by atoms with van der Waals surface area (Å²) in [7, 11) is 0. The highest BCUT2D eigenvalue weighted by atomic mass is 16.6. The Labute approximate surface area is 272 Å². The Morgan fingerprint density at radius 3 is 2.52 bits per heavy atom. The van der Waals surface area contributed by atoms with Crippen molar-refractivity contribution in [3.8, 4) is 0 Å². The van der Waals surface area contributed by atoms with Crippen LogP contribution in [0.2, 0.25) is 0 Å². The second kappa shape index (κ2) is 14.5. The summed E-state index contributed by atoms with van der Waals surface area (Å²) in [5.74, 6) is -3.37. The summed E-state index contributed by atoms with van der Waals surface area (Å²) >= 11 is 0. The molecule has 0 radical (unpaired) electrons.